The van der Waals surface area contributed by atoms with Crippen LogP contribution in [0.3, 0.4) is 0 Å². The van der Waals surface area contributed by atoms with E-state index < -0.39 is 5.82 Å². The van der Waals surface area contributed by atoms with E-state index in [0.717, 1.165) is 25.0 Å². The third-order valence-corrected chi connectivity index (χ3v) is 3.35. The summed E-state index contributed by atoms with van der Waals surface area (Å²) in [6.45, 7) is 0.224. The molecule has 0 spiro atoms. The molecule has 1 aromatic rings. The van der Waals surface area contributed by atoms with Gasteiger partial charge in [0.1, 0.15) is 11.6 Å². The number of ketones is 1. The first kappa shape index (κ1) is 12.0. The number of hydrogen-bond acceptors (Lipinski definition) is 3. The lowest BCUT2D eigenvalue weighted by molar-refractivity contribution is 0.0867. The van der Waals surface area contributed by atoms with Crippen LogP contribution in [0.15, 0.2) is 18.2 Å². The molecule has 1 aliphatic rings. The Morgan fingerprint density at radius 2 is 2.24 bits per heavy atom. The van der Waals surface area contributed by atoms with Gasteiger partial charge in [-0.25, -0.2) is 4.39 Å². The first-order valence-electron chi connectivity index (χ1n) is 5.80. The monoisotopic (exact) mass is 237 g/mol. The highest BCUT2D eigenvalue weighted by Crippen LogP contribution is 2.24. The van der Waals surface area contributed by atoms with Crippen LogP contribution in [0, 0.1) is 5.82 Å². The highest BCUT2D eigenvalue weighted by Gasteiger charge is 2.24. The predicted octanol–water partition coefficient (Wildman–Crippen LogP) is 2.20. The molecular weight excluding hydrogens is 221 g/mol. The number of carbonyl (C=O) groups is 1. The van der Waals surface area contributed by atoms with Crippen molar-refractivity contribution in [2.24, 2.45) is 0 Å². The van der Waals surface area contributed by atoms with E-state index in [4.69, 9.17) is 0 Å². The summed E-state index contributed by atoms with van der Waals surface area (Å²) in [4.78, 5) is 13.9. The second-order valence-electron chi connectivity index (χ2n) is 4.58. The maximum absolute atomic E-state index is 13.0. The SMILES string of the molecule is CN(CC(=O)c1cc(F)ccc1O)C1CCC1. The normalized spacial score (nSPS) is 15.9. The third-order valence-electron chi connectivity index (χ3n) is 3.35. The number of phenols is 1. The van der Waals surface area contributed by atoms with Crippen molar-refractivity contribution in [2.45, 2.75) is 25.3 Å². The fraction of sp³-hybridized carbons (Fsp3) is 0.462. The molecule has 17 heavy (non-hydrogen) atoms. The van der Waals surface area contributed by atoms with E-state index >= 15 is 0 Å². The Kier molecular flexibility index (Phi) is 3.43. The Balaban J connectivity index is 2.05. The average Bonchev–Trinajstić information content (AvgIpc) is 2.18. The van der Waals surface area contributed by atoms with Gasteiger partial charge in [0.15, 0.2) is 5.78 Å². The first-order chi connectivity index (χ1) is 8.08. The van der Waals surface area contributed by atoms with Gasteiger partial charge in [-0.15, -0.1) is 0 Å². The molecule has 2 rings (SSSR count). The van der Waals surface area contributed by atoms with Crippen LogP contribution in [0.5, 0.6) is 5.75 Å². The number of nitrogens with zero attached hydrogens (tertiary/aromatic N) is 1. The van der Waals surface area contributed by atoms with Crippen LogP contribution < -0.4 is 0 Å². The largest absolute Gasteiger partial charge is 0.507 e. The molecule has 1 fully saturated rings. The number of hydrogen-bond donors (Lipinski definition) is 1. The molecule has 0 aliphatic heterocycles. The molecule has 0 saturated heterocycles. The quantitative estimate of drug-likeness (QED) is 0.816. The maximum atomic E-state index is 13.0. The summed E-state index contributed by atoms with van der Waals surface area (Å²) in [5.41, 5.74) is 0.0659. The summed E-state index contributed by atoms with van der Waals surface area (Å²) in [7, 11) is 1.89. The van der Waals surface area contributed by atoms with E-state index in [1.54, 1.807) is 0 Å². The van der Waals surface area contributed by atoms with Crippen molar-refractivity contribution in [1.82, 2.24) is 4.90 Å². The van der Waals surface area contributed by atoms with E-state index in [-0.39, 0.29) is 23.6 Å². The molecule has 4 heteroatoms. The van der Waals surface area contributed by atoms with E-state index in [1.807, 2.05) is 11.9 Å². The third kappa shape index (κ3) is 2.64. The summed E-state index contributed by atoms with van der Waals surface area (Å²) in [6, 6.07) is 3.90. The molecule has 3 nitrogen and oxygen atoms in total. The lowest BCUT2D eigenvalue weighted by atomic mass is 9.91. The molecule has 92 valence electrons. The molecule has 0 aromatic heterocycles. The Labute approximate surface area is 99.9 Å². The first-order valence-corrected chi connectivity index (χ1v) is 5.80. The minimum Gasteiger partial charge on any atom is -0.507 e. The summed E-state index contributed by atoms with van der Waals surface area (Å²) in [5, 5.41) is 9.52. The second kappa shape index (κ2) is 4.84. The van der Waals surface area contributed by atoms with Crippen LogP contribution >= 0.6 is 0 Å². The molecule has 0 bridgehead atoms. The molecule has 0 amide bonds. The van der Waals surface area contributed by atoms with Gasteiger partial charge >= 0.3 is 0 Å². The Bertz CT molecular complexity index is 429. The van der Waals surface area contributed by atoms with Crippen LogP contribution in [-0.4, -0.2) is 35.4 Å². The summed E-state index contributed by atoms with van der Waals surface area (Å²) >= 11 is 0. The molecule has 0 unspecified atom stereocenters. The number of phenolic OH excluding ortho intramolecular Hbond substituents is 1. The highest BCUT2D eigenvalue weighted by molar-refractivity contribution is 6.00. The van der Waals surface area contributed by atoms with Crippen molar-refractivity contribution in [3.05, 3.63) is 29.6 Å². The topological polar surface area (TPSA) is 40.5 Å². The summed E-state index contributed by atoms with van der Waals surface area (Å²) in [6.07, 6.45) is 3.42. The Hall–Kier alpha value is -1.42. The predicted molar refractivity (Wildman–Crippen MR) is 62.7 cm³/mol. The fourth-order valence-corrected chi connectivity index (χ4v) is 2.00. The molecule has 1 aromatic carbocycles. The number of likely N-dealkylation sites (N-methyl/N-ethyl adjacent to an activating group) is 1. The van der Waals surface area contributed by atoms with Crippen LogP contribution in [0.1, 0.15) is 29.6 Å². The van der Waals surface area contributed by atoms with Crippen molar-refractivity contribution in [2.75, 3.05) is 13.6 Å². The number of carbonyl (C=O) groups excluding carboxylic acids is 1. The average molecular weight is 237 g/mol. The number of Topliss-reactive ketones (excluding diaryl/α,β-unsaturated/α-hetero) is 1. The van der Waals surface area contributed by atoms with Crippen LogP contribution in [0.25, 0.3) is 0 Å². The molecule has 0 radical (unpaired) electrons. The fourth-order valence-electron chi connectivity index (χ4n) is 2.00. The van der Waals surface area contributed by atoms with Gasteiger partial charge < -0.3 is 5.11 Å². The zero-order valence-corrected chi connectivity index (χ0v) is 9.82. The van der Waals surface area contributed by atoms with Gasteiger partial charge in [0, 0.05) is 6.04 Å². The summed E-state index contributed by atoms with van der Waals surface area (Å²) < 4.78 is 13.0. The highest BCUT2D eigenvalue weighted by atomic mass is 19.1. The second-order valence-corrected chi connectivity index (χ2v) is 4.58. The van der Waals surface area contributed by atoms with Gasteiger partial charge in [-0.05, 0) is 38.1 Å². The van der Waals surface area contributed by atoms with Crippen LogP contribution in [0.4, 0.5) is 4.39 Å². The number of benzene rings is 1. The Morgan fingerprint density at radius 3 is 2.82 bits per heavy atom. The lowest BCUT2D eigenvalue weighted by Crippen LogP contribution is -2.40. The van der Waals surface area contributed by atoms with Gasteiger partial charge in [0.25, 0.3) is 0 Å². The zero-order chi connectivity index (χ0) is 12.4. The lowest BCUT2D eigenvalue weighted by Gasteiger charge is -2.34. The standard InChI is InChI=1S/C13H16FNO2/c1-15(10-3-2-4-10)8-13(17)11-7-9(14)5-6-12(11)16/h5-7,10,16H,2-4,8H2,1H3. The van der Waals surface area contributed by atoms with Crippen molar-refractivity contribution >= 4 is 5.78 Å². The number of halogens is 1. The van der Waals surface area contributed by atoms with E-state index in [2.05, 4.69) is 0 Å². The van der Waals surface area contributed by atoms with Gasteiger partial charge in [-0.1, -0.05) is 6.42 Å². The van der Waals surface area contributed by atoms with Crippen molar-refractivity contribution < 1.29 is 14.3 Å². The van der Waals surface area contributed by atoms with Crippen LogP contribution in [0.2, 0.25) is 0 Å². The minimum atomic E-state index is -0.502. The number of rotatable bonds is 4. The maximum Gasteiger partial charge on any atom is 0.180 e. The molecule has 1 aliphatic carbocycles. The van der Waals surface area contributed by atoms with Gasteiger partial charge in [0.05, 0.1) is 12.1 Å². The van der Waals surface area contributed by atoms with E-state index in [1.165, 1.54) is 12.5 Å². The zero-order valence-electron chi connectivity index (χ0n) is 9.82. The molecule has 1 N–H and O–H groups in total. The van der Waals surface area contributed by atoms with Crippen molar-refractivity contribution in [3.63, 3.8) is 0 Å². The minimum absolute atomic E-state index is 0.0659. The molecule has 1 saturated carbocycles. The van der Waals surface area contributed by atoms with Gasteiger partial charge in [0.2, 0.25) is 0 Å². The van der Waals surface area contributed by atoms with Crippen molar-refractivity contribution in [3.8, 4) is 5.75 Å². The van der Waals surface area contributed by atoms with Crippen LogP contribution in [-0.2, 0) is 0 Å². The van der Waals surface area contributed by atoms with E-state index in [9.17, 15) is 14.3 Å². The van der Waals surface area contributed by atoms with Crippen molar-refractivity contribution in [1.29, 1.82) is 0 Å². The molecular formula is C13H16FNO2. The smallest absolute Gasteiger partial charge is 0.180 e. The van der Waals surface area contributed by atoms with Gasteiger partial charge in [-0.3, -0.25) is 9.69 Å². The molecule has 0 atom stereocenters. The van der Waals surface area contributed by atoms with Gasteiger partial charge in [-0.2, -0.15) is 0 Å². The summed E-state index contributed by atoms with van der Waals surface area (Å²) in [5.74, 6) is -0.896. The van der Waals surface area contributed by atoms with E-state index in [0.29, 0.717) is 6.04 Å². The Morgan fingerprint density at radius 1 is 1.53 bits per heavy atom. The molecule has 0 heterocycles. The number of aromatic hydroxyl groups is 1.